The zero-order chi connectivity index (χ0) is 15.2. The van der Waals surface area contributed by atoms with Crippen molar-refractivity contribution in [3.63, 3.8) is 0 Å². The molecule has 2 rings (SSSR count). The van der Waals surface area contributed by atoms with Crippen LogP contribution >= 0.6 is 11.3 Å². The number of rotatable bonds is 7. The van der Waals surface area contributed by atoms with Crippen LogP contribution < -0.4 is 10.6 Å². The molecule has 2 heterocycles. The van der Waals surface area contributed by atoms with Gasteiger partial charge in [0, 0.05) is 25.1 Å². The number of hydrogen-bond donors (Lipinski definition) is 2. The van der Waals surface area contributed by atoms with Crippen LogP contribution in [-0.4, -0.2) is 16.5 Å². The summed E-state index contributed by atoms with van der Waals surface area (Å²) < 4.78 is 0. The minimum atomic E-state index is 0.809. The highest BCUT2D eigenvalue weighted by Crippen LogP contribution is 2.22. The Morgan fingerprint density at radius 2 is 1.76 bits per heavy atom. The molecule has 4 nitrogen and oxygen atoms in total. The van der Waals surface area contributed by atoms with Crippen LogP contribution in [0.2, 0.25) is 0 Å². The monoisotopic (exact) mass is 304 g/mol. The number of aromatic nitrogens is 2. The molecule has 0 bridgehead atoms. The van der Waals surface area contributed by atoms with Crippen LogP contribution in [0.3, 0.4) is 0 Å². The predicted molar refractivity (Wildman–Crippen MR) is 91.3 cm³/mol. The van der Waals surface area contributed by atoms with Crippen LogP contribution in [0.1, 0.15) is 42.8 Å². The smallest absolute Gasteiger partial charge is 0.135 e. The van der Waals surface area contributed by atoms with Gasteiger partial charge in [0.1, 0.15) is 17.5 Å². The predicted octanol–water partition coefficient (Wildman–Crippen LogP) is 4.15. The topological polar surface area (TPSA) is 49.8 Å². The molecule has 0 aliphatic heterocycles. The molecule has 5 heteroatoms. The number of nitrogens with one attached hydrogen (secondary N) is 2. The van der Waals surface area contributed by atoms with E-state index < -0.39 is 0 Å². The van der Waals surface area contributed by atoms with Gasteiger partial charge in [0.2, 0.25) is 0 Å². The van der Waals surface area contributed by atoms with Gasteiger partial charge in [0.05, 0.1) is 0 Å². The first-order valence-electron chi connectivity index (χ1n) is 7.52. The number of anilines is 2. The largest absolute Gasteiger partial charge is 0.370 e. The first-order valence-corrected chi connectivity index (χ1v) is 8.46. The van der Waals surface area contributed by atoms with Gasteiger partial charge in [-0.15, -0.1) is 0 Å². The lowest BCUT2D eigenvalue weighted by Gasteiger charge is -2.14. The lowest BCUT2D eigenvalue weighted by Crippen LogP contribution is -2.11. The van der Waals surface area contributed by atoms with Crippen molar-refractivity contribution >= 4 is 23.0 Å². The summed E-state index contributed by atoms with van der Waals surface area (Å²) in [7, 11) is 0. The summed E-state index contributed by atoms with van der Waals surface area (Å²) in [5.74, 6) is 2.77. The third-order valence-electron chi connectivity index (χ3n) is 3.46. The van der Waals surface area contributed by atoms with E-state index in [2.05, 4.69) is 59.1 Å². The van der Waals surface area contributed by atoms with Crippen LogP contribution in [0.5, 0.6) is 0 Å². The summed E-state index contributed by atoms with van der Waals surface area (Å²) in [6.45, 7) is 10.2. The van der Waals surface area contributed by atoms with Gasteiger partial charge in [-0.2, -0.15) is 11.3 Å². The summed E-state index contributed by atoms with van der Waals surface area (Å²) in [6.07, 6.45) is 1.93. The molecule has 0 saturated heterocycles. The minimum Gasteiger partial charge on any atom is -0.370 e. The third-order valence-corrected chi connectivity index (χ3v) is 4.37. The van der Waals surface area contributed by atoms with E-state index in [1.165, 1.54) is 11.1 Å². The van der Waals surface area contributed by atoms with Crippen LogP contribution in [0, 0.1) is 13.8 Å². The Kier molecular flexibility index (Phi) is 5.56. The zero-order valence-corrected chi connectivity index (χ0v) is 14.1. The average molecular weight is 304 g/mol. The van der Waals surface area contributed by atoms with E-state index in [-0.39, 0.29) is 0 Å². The molecule has 2 N–H and O–H groups in total. The molecule has 0 aliphatic carbocycles. The molecule has 0 amide bonds. The van der Waals surface area contributed by atoms with Crippen molar-refractivity contribution in [1.82, 2.24) is 9.97 Å². The summed E-state index contributed by atoms with van der Waals surface area (Å²) in [5, 5.41) is 11.2. The van der Waals surface area contributed by atoms with Gasteiger partial charge in [0.25, 0.3) is 0 Å². The van der Waals surface area contributed by atoms with Gasteiger partial charge < -0.3 is 10.6 Å². The molecular formula is C16H24N4S. The van der Waals surface area contributed by atoms with E-state index in [0.717, 1.165) is 49.0 Å². The Morgan fingerprint density at radius 3 is 2.33 bits per heavy atom. The molecule has 2 aromatic heterocycles. The van der Waals surface area contributed by atoms with Crippen LogP contribution in [-0.2, 0) is 13.0 Å². The van der Waals surface area contributed by atoms with Gasteiger partial charge in [-0.05, 0) is 42.2 Å². The molecule has 0 fully saturated rings. The molecule has 0 aliphatic rings. The highest BCUT2D eigenvalue weighted by atomic mass is 32.1. The second-order valence-electron chi connectivity index (χ2n) is 5.18. The highest BCUT2D eigenvalue weighted by molar-refractivity contribution is 7.08. The summed E-state index contributed by atoms with van der Waals surface area (Å²) in [6, 6.07) is 0. The van der Waals surface area contributed by atoms with Crippen LogP contribution in [0.25, 0.3) is 0 Å². The second kappa shape index (κ2) is 7.41. The maximum absolute atomic E-state index is 4.63. The highest BCUT2D eigenvalue weighted by Gasteiger charge is 2.10. The Balaban J connectivity index is 2.19. The van der Waals surface area contributed by atoms with Crippen molar-refractivity contribution in [3.05, 3.63) is 33.3 Å². The molecule has 0 atom stereocenters. The Morgan fingerprint density at radius 1 is 1.05 bits per heavy atom. The number of hydrogen-bond acceptors (Lipinski definition) is 5. The number of nitrogens with zero attached hydrogens (tertiary/aromatic N) is 2. The zero-order valence-electron chi connectivity index (χ0n) is 13.3. The van der Waals surface area contributed by atoms with E-state index in [9.17, 15) is 0 Å². The molecular weight excluding hydrogens is 280 g/mol. The normalized spacial score (nSPS) is 10.7. The Labute approximate surface area is 131 Å². The van der Waals surface area contributed by atoms with Gasteiger partial charge in [-0.25, -0.2) is 9.97 Å². The molecule has 0 aromatic carbocycles. The molecule has 114 valence electrons. The van der Waals surface area contributed by atoms with Crippen molar-refractivity contribution < 1.29 is 0 Å². The molecule has 0 spiro atoms. The Hall–Kier alpha value is -1.62. The van der Waals surface area contributed by atoms with Gasteiger partial charge in [0.15, 0.2) is 0 Å². The molecule has 21 heavy (non-hydrogen) atoms. The molecule has 2 aromatic rings. The maximum Gasteiger partial charge on any atom is 0.135 e. The first-order chi connectivity index (χ1) is 10.2. The quantitative estimate of drug-likeness (QED) is 0.806. The van der Waals surface area contributed by atoms with Crippen molar-refractivity contribution in [3.8, 4) is 0 Å². The second-order valence-corrected chi connectivity index (χ2v) is 5.92. The van der Waals surface area contributed by atoms with Crippen molar-refractivity contribution in [2.24, 2.45) is 0 Å². The van der Waals surface area contributed by atoms with E-state index >= 15 is 0 Å². The fraction of sp³-hybridized carbons (Fsp3) is 0.500. The number of aryl methyl sites for hydroxylation is 2. The first kappa shape index (κ1) is 15.8. The summed E-state index contributed by atoms with van der Waals surface area (Å²) >= 11 is 1.74. The van der Waals surface area contributed by atoms with Gasteiger partial charge >= 0.3 is 0 Å². The minimum absolute atomic E-state index is 0.809. The SMILES string of the molecule is CCCNc1nc(CC)nc(NCc2cscc2C)c1C. The fourth-order valence-electron chi connectivity index (χ4n) is 2.06. The van der Waals surface area contributed by atoms with Crippen molar-refractivity contribution in [1.29, 1.82) is 0 Å². The molecule has 0 saturated carbocycles. The standard InChI is InChI=1S/C16H24N4S/c1-5-7-17-15-12(4)16(20-14(6-2)19-15)18-8-13-10-21-9-11(13)3/h9-10H,5-8H2,1-4H3,(H2,17,18,19,20). The van der Waals surface area contributed by atoms with Gasteiger partial charge in [-0.3, -0.25) is 0 Å². The Bertz CT molecular complexity index is 592. The van der Waals surface area contributed by atoms with Crippen LogP contribution in [0.15, 0.2) is 10.8 Å². The van der Waals surface area contributed by atoms with E-state index in [0.29, 0.717) is 0 Å². The fourth-order valence-corrected chi connectivity index (χ4v) is 2.91. The summed E-state index contributed by atoms with van der Waals surface area (Å²) in [4.78, 5) is 9.22. The average Bonchev–Trinajstić information content (AvgIpc) is 2.90. The van der Waals surface area contributed by atoms with E-state index in [1.807, 2.05) is 0 Å². The van der Waals surface area contributed by atoms with Crippen molar-refractivity contribution in [2.75, 3.05) is 17.2 Å². The van der Waals surface area contributed by atoms with Crippen LogP contribution in [0.4, 0.5) is 11.6 Å². The molecule has 0 unspecified atom stereocenters. The van der Waals surface area contributed by atoms with Gasteiger partial charge in [-0.1, -0.05) is 13.8 Å². The molecule has 0 radical (unpaired) electrons. The lowest BCUT2D eigenvalue weighted by atomic mass is 10.2. The van der Waals surface area contributed by atoms with E-state index in [4.69, 9.17) is 0 Å². The summed E-state index contributed by atoms with van der Waals surface area (Å²) in [5.41, 5.74) is 3.76. The lowest BCUT2D eigenvalue weighted by molar-refractivity contribution is 0.903. The number of thiophene rings is 1. The van der Waals surface area contributed by atoms with Crippen molar-refractivity contribution in [2.45, 2.75) is 47.1 Å². The maximum atomic E-state index is 4.63. The van der Waals surface area contributed by atoms with E-state index in [1.54, 1.807) is 11.3 Å². The third kappa shape index (κ3) is 3.94.